The number of benzene rings is 1. The predicted octanol–water partition coefficient (Wildman–Crippen LogP) is 3.46. The standard InChI is InChI=1S/C12H17ClO/c1-8(2)12(14)9(3)10-5-4-6-11(13)7-10/h4-9,12,14H,1-3H3. The largest absolute Gasteiger partial charge is 0.392 e. The van der Waals surface area contributed by atoms with Gasteiger partial charge in [-0.1, -0.05) is 44.5 Å². The van der Waals surface area contributed by atoms with E-state index < -0.39 is 0 Å². The highest BCUT2D eigenvalue weighted by molar-refractivity contribution is 6.30. The molecule has 0 aliphatic heterocycles. The summed E-state index contributed by atoms with van der Waals surface area (Å²) in [5, 5.41) is 10.6. The molecule has 0 aliphatic rings. The Hall–Kier alpha value is -0.530. The Morgan fingerprint density at radius 2 is 1.86 bits per heavy atom. The lowest BCUT2D eigenvalue weighted by atomic mass is 9.89. The van der Waals surface area contributed by atoms with Crippen molar-refractivity contribution in [3.8, 4) is 0 Å². The molecule has 78 valence electrons. The molecule has 0 heterocycles. The van der Waals surface area contributed by atoms with Gasteiger partial charge in [0, 0.05) is 10.9 Å². The molecule has 1 rings (SSSR count). The molecule has 0 aliphatic carbocycles. The second-order valence-corrected chi connectivity index (χ2v) is 4.51. The Labute approximate surface area is 90.7 Å². The molecule has 1 nitrogen and oxygen atoms in total. The number of hydrogen-bond donors (Lipinski definition) is 1. The molecule has 2 unspecified atom stereocenters. The van der Waals surface area contributed by atoms with Gasteiger partial charge in [0.05, 0.1) is 6.10 Å². The van der Waals surface area contributed by atoms with Crippen LogP contribution in [-0.2, 0) is 0 Å². The number of aliphatic hydroxyl groups is 1. The number of rotatable bonds is 3. The molecular weight excluding hydrogens is 196 g/mol. The molecule has 1 aromatic rings. The minimum Gasteiger partial charge on any atom is -0.392 e. The summed E-state index contributed by atoms with van der Waals surface area (Å²) in [4.78, 5) is 0. The van der Waals surface area contributed by atoms with Crippen molar-refractivity contribution < 1.29 is 5.11 Å². The van der Waals surface area contributed by atoms with Gasteiger partial charge in [-0.15, -0.1) is 0 Å². The fourth-order valence-corrected chi connectivity index (χ4v) is 1.76. The number of hydrogen-bond acceptors (Lipinski definition) is 1. The van der Waals surface area contributed by atoms with Crippen molar-refractivity contribution in [1.29, 1.82) is 0 Å². The number of aliphatic hydroxyl groups excluding tert-OH is 1. The smallest absolute Gasteiger partial charge is 0.0628 e. The first-order valence-electron chi connectivity index (χ1n) is 4.96. The van der Waals surface area contributed by atoms with Crippen molar-refractivity contribution >= 4 is 11.6 Å². The zero-order valence-electron chi connectivity index (χ0n) is 8.87. The van der Waals surface area contributed by atoms with Crippen LogP contribution in [0, 0.1) is 5.92 Å². The highest BCUT2D eigenvalue weighted by atomic mass is 35.5. The van der Waals surface area contributed by atoms with E-state index in [1.165, 1.54) is 0 Å². The molecule has 2 atom stereocenters. The molecule has 0 amide bonds. The van der Waals surface area contributed by atoms with Gasteiger partial charge in [0.15, 0.2) is 0 Å². The first kappa shape index (κ1) is 11.5. The monoisotopic (exact) mass is 212 g/mol. The fourth-order valence-electron chi connectivity index (χ4n) is 1.56. The molecule has 2 heteroatoms. The summed E-state index contributed by atoms with van der Waals surface area (Å²) < 4.78 is 0. The lowest BCUT2D eigenvalue weighted by Crippen LogP contribution is -2.21. The van der Waals surface area contributed by atoms with Crippen molar-refractivity contribution in [2.24, 2.45) is 5.92 Å². The van der Waals surface area contributed by atoms with Crippen LogP contribution < -0.4 is 0 Å². The second-order valence-electron chi connectivity index (χ2n) is 4.08. The molecule has 0 radical (unpaired) electrons. The third-order valence-corrected chi connectivity index (χ3v) is 2.80. The van der Waals surface area contributed by atoms with Crippen LogP contribution in [0.15, 0.2) is 24.3 Å². The predicted molar refractivity (Wildman–Crippen MR) is 60.7 cm³/mol. The van der Waals surface area contributed by atoms with Gasteiger partial charge < -0.3 is 5.11 Å². The summed E-state index contributed by atoms with van der Waals surface area (Å²) in [5.74, 6) is 0.401. The normalized spacial score (nSPS) is 15.6. The summed E-state index contributed by atoms with van der Waals surface area (Å²) in [7, 11) is 0. The Morgan fingerprint density at radius 1 is 1.21 bits per heavy atom. The molecule has 0 fully saturated rings. The second kappa shape index (κ2) is 4.81. The van der Waals surface area contributed by atoms with E-state index in [1.54, 1.807) is 0 Å². The molecule has 0 aromatic heterocycles. The van der Waals surface area contributed by atoms with Gasteiger partial charge in [-0.3, -0.25) is 0 Å². The SMILES string of the molecule is CC(C)C(O)C(C)c1cccc(Cl)c1. The van der Waals surface area contributed by atoms with E-state index in [1.807, 2.05) is 45.0 Å². The van der Waals surface area contributed by atoms with Crippen LogP contribution in [0.4, 0.5) is 0 Å². The van der Waals surface area contributed by atoms with Crippen LogP contribution in [0.2, 0.25) is 5.02 Å². The van der Waals surface area contributed by atoms with Crippen LogP contribution in [-0.4, -0.2) is 11.2 Å². The summed E-state index contributed by atoms with van der Waals surface area (Å²) in [6.07, 6.45) is -0.312. The first-order chi connectivity index (χ1) is 6.52. The molecule has 1 aromatic carbocycles. The minimum atomic E-state index is -0.312. The van der Waals surface area contributed by atoms with Gasteiger partial charge in [-0.2, -0.15) is 0 Å². The summed E-state index contributed by atoms with van der Waals surface area (Å²) in [5.41, 5.74) is 1.10. The van der Waals surface area contributed by atoms with Gasteiger partial charge in [0.1, 0.15) is 0 Å². The van der Waals surface area contributed by atoms with Gasteiger partial charge >= 0.3 is 0 Å². The summed E-state index contributed by atoms with van der Waals surface area (Å²) >= 11 is 5.89. The average Bonchev–Trinajstić information content (AvgIpc) is 2.15. The highest BCUT2D eigenvalue weighted by Gasteiger charge is 2.19. The summed E-state index contributed by atoms with van der Waals surface area (Å²) in [6, 6.07) is 7.68. The van der Waals surface area contributed by atoms with E-state index in [2.05, 4.69) is 0 Å². The molecule has 0 saturated carbocycles. The molecule has 1 N–H and O–H groups in total. The van der Waals surface area contributed by atoms with Crippen molar-refractivity contribution in [3.05, 3.63) is 34.9 Å². The topological polar surface area (TPSA) is 20.2 Å². The van der Waals surface area contributed by atoms with Crippen molar-refractivity contribution in [3.63, 3.8) is 0 Å². The van der Waals surface area contributed by atoms with E-state index in [-0.39, 0.29) is 17.9 Å². The van der Waals surface area contributed by atoms with E-state index in [9.17, 15) is 5.11 Å². The highest BCUT2D eigenvalue weighted by Crippen LogP contribution is 2.25. The molecule has 0 spiro atoms. The molecular formula is C12H17ClO. The quantitative estimate of drug-likeness (QED) is 0.814. The third kappa shape index (κ3) is 2.73. The lowest BCUT2D eigenvalue weighted by molar-refractivity contribution is 0.102. The van der Waals surface area contributed by atoms with Gasteiger partial charge in [0.25, 0.3) is 0 Å². The zero-order valence-corrected chi connectivity index (χ0v) is 9.62. The van der Waals surface area contributed by atoms with Crippen LogP contribution in [0.1, 0.15) is 32.3 Å². The fraction of sp³-hybridized carbons (Fsp3) is 0.500. The van der Waals surface area contributed by atoms with E-state index in [0.717, 1.165) is 10.6 Å². The molecule has 0 saturated heterocycles. The molecule has 0 bridgehead atoms. The Morgan fingerprint density at radius 3 is 2.36 bits per heavy atom. The van der Waals surface area contributed by atoms with Crippen molar-refractivity contribution in [2.45, 2.75) is 32.8 Å². The van der Waals surface area contributed by atoms with Gasteiger partial charge in [-0.05, 0) is 23.6 Å². The van der Waals surface area contributed by atoms with E-state index >= 15 is 0 Å². The van der Waals surface area contributed by atoms with Crippen LogP contribution in [0.5, 0.6) is 0 Å². The zero-order chi connectivity index (χ0) is 10.7. The van der Waals surface area contributed by atoms with Crippen LogP contribution in [0.3, 0.4) is 0 Å². The first-order valence-corrected chi connectivity index (χ1v) is 5.33. The average molecular weight is 213 g/mol. The van der Waals surface area contributed by atoms with Gasteiger partial charge in [0.2, 0.25) is 0 Å². The Balaban J connectivity index is 2.83. The third-order valence-electron chi connectivity index (χ3n) is 2.57. The van der Waals surface area contributed by atoms with Gasteiger partial charge in [-0.25, -0.2) is 0 Å². The maximum absolute atomic E-state index is 9.90. The lowest BCUT2D eigenvalue weighted by Gasteiger charge is -2.22. The maximum atomic E-state index is 9.90. The van der Waals surface area contributed by atoms with E-state index in [0.29, 0.717) is 0 Å². The number of halogens is 1. The van der Waals surface area contributed by atoms with E-state index in [4.69, 9.17) is 11.6 Å². The van der Waals surface area contributed by atoms with Crippen LogP contribution in [0.25, 0.3) is 0 Å². The van der Waals surface area contributed by atoms with Crippen molar-refractivity contribution in [1.82, 2.24) is 0 Å². The Bertz CT molecular complexity index is 296. The van der Waals surface area contributed by atoms with Crippen LogP contribution >= 0.6 is 11.6 Å². The maximum Gasteiger partial charge on any atom is 0.0628 e. The van der Waals surface area contributed by atoms with Crippen molar-refractivity contribution in [2.75, 3.05) is 0 Å². The molecule has 14 heavy (non-hydrogen) atoms. The Kier molecular flexibility index (Phi) is 3.97. The minimum absolute atomic E-state index is 0.133. The summed E-state index contributed by atoms with van der Waals surface area (Å²) in [6.45, 7) is 6.06.